The van der Waals surface area contributed by atoms with Crippen LogP contribution in [0.4, 0.5) is 16.3 Å². The van der Waals surface area contributed by atoms with Gasteiger partial charge in [-0.3, -0.25) is 0 Å². The highest BCUT2D eigenvalue weighted by molar-refractivity contribution is 5.89. The summed E-state index contributed by atoms with van der Waals surface area (Å²) in [5.41, 5.74) is 0.792. The lowest BCUT2D eigenvalue weighted by atomic mass is 10.4. The van der Waals surface area contributed by atoms with Gasteiger partial charge in [-0.15, -0.1) is 0 Å². The van der Waals surface area contributed by atoms with Crippen LogP contribution in [0.2, 0.25) is 0 Å². The van der Waals surface area contributed by atoms with E-state index in [1.165, 1.54) is 0 Å². The second-order valence-corrected chi connectivity index (χ2v) is 4.42. The summed E-state index contributed by atoms with van der Waals surface area (Å²) in [6.07, 6.45) is 3.91. The first kappa shape index (κ1) is 11.7. The number of rotatable bonds is 2. The van der Waals surface area contributed by atoms with Crippen molar-refractivity contribution in [3.8, 4) is 0 Å². The summed E-state index contributed by atoms with van der Waals surface area (Å²) in [4.78, 5) is 19.8. The third kappa shape index (κ3) is 2.87. The molecule has 92 valence electrons. The Kier molecular flexibility index (Phi) is 3.46. The van der Waals surface area contributed by atoms with Gasteiger partial charge in [-0.05, 0) is 18.9 Å². The summed E-state index contributed by atoms with van der Waals surface area (Å²) in [5, 5.41) is 2.90. The van der Waals surface area contributed by atoms with Gasteiger partial charge in [0.1, 0.15) is 5.82 Å². The Morgan fingerprint density at radius 1 is 1.41 bits per heavy atom. The number of carbonyl (C=O) groups excluding carboxylic acids is 1. The normalized spacial score (nSPS) is 14.8. The van der Waals surface area contributed by atoms with Crippen molar-refractivity contribution >= 4 is 17.5 Å². The molecule has 2 heterocycles. The van der Waals surface area contributed by atoms with Crippen LogP contribution in [0, 0.1) is 0 Å². The van der Waals surface area contributed by atoms with Gasteiger partial charge in [0.05, 0.1) is 0 Å². The Morgan fingerprint density at radius 3 is 2.76 bits per heavy atom. The van der Waals surface area contributed by atoms with Crippen LogP contribution >= 0.6 is 0 Å². The molecule has 0 unspecified atom stereocenters. The van der Waals surface area contributed by atoms with Crippen LogP contribution in [-0.4, -0.2) is 43.1 Å². The predicted molar refractivity (Wildman–Crippen MR) is 68.4 cm³/mol. The fraction of sp³-hybridized carbons (Fsp3) is 0.500. The van der Waals surface area contributed by atoms with Gasteiger partial charge in [0, 0.05) is 45.1 Å². The molecular weight excluding hydrogens is 216 g/mol. The van der Waals surface area contributed by atoms with Crippen molar-refractivity contribution in [1.82, 2.24) is 9.88 Å². The molecule has 2 amide bonds. The average molecular weight is 234 g/mol. The molecule has 1 aliphatic rings. The first-order chi connectivity index (χ1) is 8.16. The molecule has 1 aliphatic heterocycles. The van der Waals surface area contributed by atoms with Crippen LogP contribution in [-0.2, 0) is 0 Å². The van der Waals surface area contributed by atoms with E-state index >= 15 is 0 Å². The van der Waals surface area contributed by atoms with Crippen molar-refractivity contribution in [1.29, 1.82) is 0 Å². The molecule has 0 aliphatic carbocycles. The molecule has 2 rings (SSSR count). The molecule has 17 heavy (non-hydrogen) atoms. The Labute approximate surface area is 101 Å². The van der Waals surface area contributed by atoms with Crippen LogP contribution in [0.15, 0.2) is 18.3 Å². The lowest BCUT2D eigenvalue weighted by Gasteiger charge is -2.17. The average Bonchev–Trinajstić information content (AvgIpc) is 2.82. The molecule has 0 spiro atoms. The summed E-state index contributed by atoms with van der Waals surface area (Å²) in [5.74, 6) is 0.837. The number of anilines is 2. The molecular formula is C12H18N4O. The van der Waals surface area contributed by atoms with Gasteiger partial charge in [-0.2, -0.15) is 0 Å². The zero-order valence-electron chi connectivity index (χ0n) is 10.3. The van der Waals surface area contributed by atoms with Crippen molar-refractivity contribution in [3.05, 3.63) is 18.3 Å². The summed E-state index contributed by atoms with van der Waals surface area (Å²) < 4.78 is 0. The molecule has 1 aromatic rings. The van der Waals surface area contributed by atoms with E-state index in [4.69, 9.17) is 0 Å². The lowest BCUT2D eigenvalue weighted by Crippen LogP contribution is -2.32. The molecule has 0 radical (unpaired) electrons. The van der Waals surface area contributed by atoms with Gasteiger partial charge in [0.2, 0.25) is 0 Å². The molecule has 1 aromatic heterocycles. The van der Waals surface area contributed by atoms with Crippen LogP contribution in [0.5, 0.6) is 0 Å². The fourth-order valence-corrected chi connectivity index (χ4v) is 1.86. The zero-order valence-corrected chi connectivity index (χ0v) is 10.3. The summed E-state index contributed by atoms with van der Waals surface area (Å²) in [7, 11) is 3.85. The molecule has 5 nitrogen and oxygen atoms in total. The minimum absolute atomic E-state index is 0.0154. The van der Waals surface area contributed by atoms with Crippen molar-refractivity contribution in [2.24, 2.45) is 0 Å². The number of likely N-dealkylation sites (tertiary alicyclic amines) is 1. The number of hydrogen-bond acceptors (Lipinski definition) is 3. The quantitative estimate of drug-likeness (QED) is 0.848. The number of carbonyl (C=O) groups is 1. The second-order valence-electron chi connectivity index (χ2n) is 4.42. The molecule has 1 saturated heterocycles. The fourth-order valence-electron chi connectivity index (χ4n) is 1.86. The van der Waals surface area contributed by atoms with Crippen LogP contribution in [0.3, 0.4) is 0 Å². The maximum Gasteiger partial charge on any atom is 0.321 e. The van der Waals surface area contributed by atoms with E-state index < -0.39 is 0 Å². The number of urea groups is 1. The first-order valence-corrected chi connectivity index (χ1v) is 5.86. The Morgan fingerprint density at radius 2 is 2.12 bits per heavy atom. The van der Waals surface area contributed by atoms with Gasteiger partial charge >= 0.3 is 6.03 Å². The van der Waals surface area contributed by atoms with E-state index in [2.05, 4.69) is 10.3 Å². The zero-order chi connectivity index (χ0) is 12.3. The number of nitrogens with zero attached hydrogens (tertiary/aromatic N) is 3. The van der Waals surface area contributed by atoms with Gasteiger partial charge in [0.15, 0.2) is 0 Å². The highest BCUT2D eigenvalue weighted by atomic mass is 16.2. The molecule has 0 saturated carbocycles. The number of aromatic nitrogens is 1. The molecule has 1 N–H and O–H groups in total. The SMILES string of the molecule is CN(C)c1cc(NC(=O)N2CCCC2)ccn1. The highest BCUT2D eigenvalue weighted by Gasteiger charge is 2.17. The van der Waals surface area contributed by atoms with E-state index in [0.717, 1.165) is 37.4 Å². The minimum atomic E-state index is -0.0154. The number of hydrogen-bond donors (Lipinski definition) is 1. The topological polar surface area (TPSA) is 48.5 Å². The van der Waals surface area contributed by atoms with Crippen LogP contribution in [0.25, 0.3) is 0 Å². The third-order valence-electron chi connectivity index (χ3n) is 2.85. The maximum atomic E-state index is 11.9. The van der Waals surface area contributed by atoms with Crippen molar-refractivity contribution in [2.75, 3.05) is 37.4 Å². The van der Waals surface area contributed by atoms with E-state index in [0.29, 0.717) is 0 Å². The Bertz CT molecular complexity index is 399. The van der Waals surface area contributed by atoms with Gasteiger partial charge in [0.25, 0.3) is 0 Å². The second kappa shape index (κ2) is 5.03. The monoisotopic (exact) mass is 234 g/mol. The van der Waals surface area contributed by atoms with Crippen molar-refractivity contribution in [3.63, 3.8) is 0 Å². The Hall–Kier alpha value is -1.78. The molecule has 5 heteroatoms. The van der Waals surface area contributed by atoms with E-state index in [9.17, 15) is 4.79 Å². The summed E-state index contributed by atoms with van der Waals surface area (Å²) in [6.45, 7) is 1.72. The van der Waals surface area contributed by atoms with E-state index in [1.54, 1.807) is 12.3 Å². The first-order valence-electron chi connectivity index (χ1n) is 5.86. The minimum Gasteiger partial charge on any atom is -0.363 e. The molecule has 0 bridgehead atoms. The predicted octanol–water partition coefficient (Wildman–Crippen LogP) is 1.78. The largest absolute Gasteiger partial charge is 0.363 e. The summed E-state index contributed by atoms with van der Waals surface area (Å²) >= 11 is 0. The van der Waals surface area contributed by atoms with Gasteiger partial charge < -0.3 is 15.1 Å². The molecule has 0 aromatic carbocycles. The van der Waals surface area contributed by atoms with Crippen LogP contribution < -0.4 is 10.2 Å². The lowest BCUT2D eigenvalue weighted by molar-refractivity contribution is 0.222. The third-order valence-corrected chi connectivity index (χ3v) is 2.85. The van der Waals surface area contributed by atoms with Gasteiger partial charge in [-0.25, -0.2) is 9.78 Å². The van der Waals surface area contributed by atoms with E-state index in [1.807, 2.05) is 30.0 Å². The highest BCUT2D eigenvalue weighted by Crippen LogP contribution is 2.16. The van der Waals surface area contributed by atoms with E-state index in [-0.39, 0.29) is 6.03 Å². The summed E-state index contributed by atoms with van der Waals surface area (Å²) in [6, 6.07) is 3.66. The van der Waals surface area contributed by atoms with Crippen molar-refractivity contribution in [2.45, 2.75) is 12.8 Å². The van der Waals surface area contributed by atoms with Gasteiger partial charge in [-0.1, -0.05) is 0 Å². The number of pyridine rings is 1. The Balaban J connectivity index is 2.02. The maximum absolute atomic E-state index is 11.9. The molecule has 1 fully saturated rings. The number of nitrogens with one attached hydrogen (secondary N) is 1. The smallest absolute Gasteiger partial charge is 0.321 e. The van der Waals surface area contributed by atoms with Crippen molar-refractivity contribution < 1.29 is 4.79 Å². The molecule has 0 atom stereocenters. The van der Waals surface area contributed by atoms with Crippen LogP contribution in [0.1, 0.15) is 12.8 Å². The standard InChI is InChI=1S/C12H18N4O/c1-15(2)11-9-10(5-6-13-11)14-12(17)16-7-3-4-8-16/h5-6,9H,3-4,7-8H2,1-2H3,(H,13,14,17). The number of amides is 2.